The molecule has 4 aliphatic rings. The highest BCUT2D eigenvalue weighted by Gasteiger charge is 2.55. The quantitative estimate of drug-likeness (QED) is 0.162. The van der Waals surface area contributed by atoms with E-state index >= 15 is 0 Å². The van der Waals surface area contributed by atoms with Gasteiger partial charge in [-0.15, -0.1) is 0 Å². The Labute approximate surface area is 238 Å². The van der Waals surface area contributed by atoms with Gasteiger partial charge in [-0.05, 0) is 68.4 Å². The Kier molecular flexibility index (Phi) is 8.46. The van der Waals surface area contributed by atoms with Gasteiger partial charge in [0.05, 0.1) is 16.3 Å². The molecular weight excluding hydrogens is 562 g/mol. The molecule has 0 spiro atoms. The summed E-state index contributed by atoms with van der Waals surface area (Å²) in [7, 11) is -1.02. The van der Waals surface area contributed by atoms with Gasteiger partial charge in [-0.2, -0.15) is 0 Å². The molecule has 9 heteroatoms. The van der Waals surface area contributed by atoms with E-state index in [1.807, 2.05) is 0 Å². The zero-order chi connectivity index (χ0) is 29.4. The molecule has 2 nitrogen and oxygen atoms in total. The van der Waals surface area contributed by atoms with Gasteiger partial charge in [0.2, 0.25) is 0 Å². The molecule has 41 heavy (non-hydrogen) atoms. The van der Waals surface area contributed by atoms with E-state index in [2.05, 4.69) is 0 Å². The van der Waals surface area contributed by atoms with Crippen molar-refractivity contribution in [2.45, 2.75) is 66.1 Å². The number of carbonyl (C=O) groups excluding carboxylic acids is 1. The molecule has 0 saturated heterocycles. The monoisotopic (exact) mass is 593 g/mol. The van der Waals surface area contributed by atoms with Crippen LogP contribution in [0.1, 0.15) is 45.4 Å². The number of hydrogen-bond donors (Lipinski definition) is 0. The number of alkyl halides is 2. The molecule has 218 valence electrons. The van der Waals surface area contributed by atoms with Gasteiger partial charge in [-0.25, -0.2) is 26.3 Å². The maximum Gasteiger partial charge on any atom is 0.312 e. The molecule has 0 radical (unpaired) electrons. The second kappa shape index (κ2) is 11.7. The Bertz CT molecular complexity index is 1260. The van der Waals surface area contributed by atoms with Gasteiger partial charge in [0, 0.05) is 43.3 Å². The predicted octanol–water partition coefficient (Wildman–Crippen LogP) is 8.74. The summed E-state index contributed by atoms with van der Waals surface area (Å²) in [5.41, 5.74) is -0.417. The smallest absolute Gasteiger partial charge is 0.312 e. The molecule has 0 aromatic heterocycles. The standard InChI is InChI=1S/C18H11F4S.C14H20F2O2/c19-12-6-13(20)9-17(8-12)23(16-4-2-1-3-5-16)18-10-14(21)7-15(22)11-18;1-13(15,16)8-18-12(17)14-5-9-2-10(6-14)4-11(3-9)7-14/h1-11H;9-11H,2-8H2,1H3/q+1;. The molecule has 7 rings (SSSR count). The molecule has 4 saturated carbocycles. The van der Waals surface area contributed by atoms with Gasteiger partial charge >= 0.3 is 5.97 Å². The van der Waals surface area contributed by atoms with Crippen LogP contribution in [0.15, 0.2) is 81.4 Å². The fourth-order valence-electron chi connectivity index (χ4n) is 6.96. The van der Waals surface area contributed by atoms with Crippen LogP contribution in [0.5, 0.6) is 0 Å². The van der Waals surface area contributed by atoms with Crippen molar-refractivity contribution in [3.05, 3.63) is 90.0 Å². The number of benzene rings is 3. The minimum absolute atomic E-state index is 0.318. The zero-order valence-corrected chi connectivity index (χ0v) is 23.3. The minimum Gasteiger partial charge on any atom is -0.459 e. The van der Waals surface area contributed by atoms with Crippen molar-refractivity contribution in [1.82, 2.24) is 0 Å². The molecule has 3 aromatic rings. The lowest BCUT2D eigenvalue weighted by molar-refractivity contribution is -0.180. The largest absolute Gasteiger partial charge is 0.459 e. The molecule has 0 atom stereocenters. The van der Waals surface area contributed by atoms with Crippen molar-refractivity contribution in [1.29, 1.82) is 0 Å². The lowest BCUT2D eigenvalue weighted by Crippen LogP contribution is -2.51. The highest BCUT2D eigenvalue weighted by atomic mass is 32.2. The van der Waals surface area contributed by atoms with Crippen LogP contribution in [0, 0.1) is 46.4 Å². The lowest BCUT2D eigenvalue weighted by Gasteiger charge is -2.55. The lowest BCUT2D eigenvalue weighted by atomic mass is 9.49. The summed E-state index contributed by atoms with van der Waals surface area (Å²) in [5, 5.41) is 0. The fraction of sp³-hybridized carbons (Fsp3) is 0.406. The first kappa shape index (κ1) is 29.5. The maximum atomic E-state index is 13.6. The molecule has 4 fully saturated rings. The summed E-state index contributed by atoms with van der Waals surface area (Å²) >= 11 is 0. The van der Waals surface area contributed by atoms with Gasteiger partial charge in [0.25, 0.3) is 5.92 Å². The molecule has 0 heterocycles. The SMILES string of the molecule is CC(F)(F)COC(=O)C12CC3CC(CC(C3)C1)C2.Fc1cc(F)cc([S+](c2ccccc2)c2cc(F)cc(F)c2)c1. The third-order valence-electron chi connectivity index (χ3n) is 8.05. The molecular formula is C32H31F6O2S+. The summed E-state index contributed by atoms with van der Waals surface area (Å²) < 4.78 is 84.8. The van der Waals surface area contributed by atoms with Crippen molar-refractivity contribution in [2.75, 3.05) is 6.61 Å². The van der Waals surface area contributed by atoms with Gasteiger partial charge in [-0.1, -0.05) is 18.2 Å². The third kappa shape index (κ3) is 7.11. The normalized spacial score (nSPS) is 24.6. The van der Waals surface area contributed by atoms with Crippen LogP contribution in [0.2, 0.25) is 0 Å². The molecule has 0 aliphatic heterocycles. The second-order valence-electron chi connectivity index (χ2n) is 11.7. The van der Waals surface area contributed by atoms with Crippen LogP contribution < -0.4 is 0 Å². The summed E-state index contributed by atoms with van der Waals surface area (Å²) in [4.78, 5) is 13.5. The average Bonchev–Trinajstić information content (AvgIpc) is 2.86. The molecule has 4 bridgehead atoms. The number of halogens is 6. The van der Waals surface area contributed by atoms with Gasteiger partial charge in [0.15, 0.2) is 21.3 Å². The summed E-state index contributed by atoms with van der Waals surface area (Å²) in [5.74, 6) is -4.31. The van der Waals surface area contributed by atoms with E-state index in [1.54, 1.807) is 30.3 Å². The van der Waals surface area contributed by atoms with E-state index in [0.717, 1.165) is 38.3 Å². The van der Waals surface area contributed by atoms with Crippen molar-refractivity contribution in [2.24, 2.45) is 23.2 Å². The van der Waals surface area contributed by atoms with E-state index in [1.165, 1.54) is 43.5 Å². The number of carbonyl (C=O) groups is 1. The van der Waals surface area contributed by atoms with E-state index in [-0.39, 0.29) is 5.97 Å². The van der Waals surface area contributed by atoms with Crippen LogP contribution >= 0.6 is 0 Å². The molecule has 0 N–H and O–H groups in total. The van der Waals surface area contributed by atoms with Crippen LogP contribution in [0.25, 0.3) is 0 Å². The molecule has 3 aromatic carbocycles. The van der Waals surface area contributed by atoms with Gasteiger partial charge < -0.3 is 4.74 Å². The van der Waals surface area contributed by atoms with E-state index in [0.29, 0.717) is 32.4 Å². The number of rotatable bonds is 6. The number of ether oxygens (including phenoxy) is 1. The predicted molar refractivity (Wildman–Crippen MR) is 144 cm³/mol. The molecule has 0 amide bonds. The highest BCUT2D eigenvalue weighted by molar-refractivity contribution is 7.97. The number of hydrogen-bond acceptors (Lipinski definition) is 2. The first-order valence-corrected chi connectivity index (χ1v) is 14.9. The van der Waals surface area contributed by atoms with Crippen molar-refractivity contribution >= 4 is 16.9 Å². The fourth-order valence-corrected chi connectivity index (χ4v) is 9.13. The van der Waals surface area contributed by atoms with Crippen LogP contribution in [-0.4, -0.2) is 18.5 Å². The number of esters is 1. The molecule has 4 aliphatic carbocycles. The second-order valence-corrected chi connectivity index (χ2v) is 13.7. The Morgan fingerprint density at radius 3 is 1.56 bits per heavy atom. The summed E-state index contributed by atoms with van der Waals surface area (Å²) in [6.45, 7) is 0.0214. The zero-order valence-electron chi connectivity index (χ0n) is 22.5. The van der Waals surface area contributed by atoms with Crippen molar-refractivity contribution in [3.8, 4) is 0 Å². The summed E-state index contributed by atoms with van der Waals surface area (Å²) in [6.07, 6.45) is 6.30. The average molecular weight is 594 g/mol. The van der Waals surface area contributed by atoms with Crippen molar-refractivity contribution < 1.29 is 35.9 Å². The maximum absolute atomic E-state index is 13.6. The topological polar surface area (TPSA) is 26.3 Å². The first-order chi connectivity index (χ1) is 19.4. The third-order valence-corrected chi connectivity index (χ3v) is 10.2. The van der Waals surface area contributed by atoms with Crippen molar-refractivity contribution in [3.63, 3.8) is 0 Å². The summed E-state index contributed by atoms with van der Waals surface area (Å²) in [6, 6.07) is 15.1. The Balaban J connectivity index is 0.000000169. The van der Waals surface area contributed by atoms with Crippen LogP contribution in [0.3, 0.4) is 0 Å². The van der Waals surface area contributed by atoms with E-state index in [9.17, 15) is 31.1 Å². The van der Waals surface area contributed by atoms with Crippen LogP contribution in [0.4, 0.5) is 26.3 Å². The van der Waals surface area contributed by atoms with E-state index in [4.69, 9.17) is 4.74 Å². The Morgan fingerprint density at radius 1 is 0.756 bits per heavy atom. The van der Waals surface area contributed by atoms with E-state index < -0.39 is 52.1 Å². The Hall–Kier alpha value is -2.94. The Morgan fingerprint density at radius 2 is 1.17 bits per heavy atom. The highest BCUT2D eigenvalue weighted by Crippen LogP contribution is 2.60. The van der Waals surface area contributed by atoms with Crippen LogP contribution in [-0.2, 0) is 20.4 Å². The minimum atomic E-state index is -2.92. The van der Waals surface area contributed by atoms with Gasteiger partial charge in [0.1, 0.15) is 23.3 Å². The van der Waals surface area contributed by atoms with Gasteiger partial charge in [-0.3, -0.25) is 4.79 Å². The first-order valence-electron chi connectivity index (χ1n) is 13.7. The molecule has 0 unspecified atom stereocenters.